The first-order valence-corrected chi connectivity index (χ1v) is 5.95. The molecule has 12 heavy (non-hydrogen) atoms. The average molecular weight is 196 g/mol. The van der Waals surface area contributed by atoms with Crippen LogP contribution in [0.4, 0.5) is 0 Å². The van der Waals surface area contributed by atoms with Crippen molar-refractivity contribution in [2.45, 2.75) is 39.2 Å². The summed E-state index contributed by atoms with van der Waals surface area (Å²) in [4.78, 5) is 17.0. The Labute approximate surface area is 73.1 Å². The summed E-state index contributed by atoms with van der Waals surface area (Å²) in [5, 5.41) is 0. The zero-order valence-electron chi connectivity index (χ0n) is 7.56. The van der Waals surface area contributed by atoms with Crippen molar-refractivity contribution >= 4 is 7.60 Å². The second-order valence-corrected chi connectivity index (χ2v) is 4.37. The summed E-state index contributed by atoms with van der Waals surface area (Å²) < 4.78 is 15.5. The molecule has 0 aliphatic carbocycles. The summed E-state index contributed by atoms with van der Waals surface area (Å²) in [5.41, 5.74) is 0. The van der Waals surface area contributed by atoms with Gasteiger partial charge >= 0.3 is 7.60 Å². The Morgan fingerprint density at radius 3 is 2.33 bits per heavy atom. The zero-order chi connectivity index (χ0) is 9.61. The highest BCUT2D eigenvalue weighted by atomic mass is 31.2. The molecule has 0 saturated carbocycles. The molecule has 0 aliphatic heterocycles. The van der Waals surface area contributed by atoms with E-state index in [1.807, 2.05) is 13.8 Å². The van der Waals surface area contributed by atoms with Crippen LogP contribution in [0.3, 0.4) is 0 Å². The normalized spacial score (nSPS) is 14.7. The molecule has 0 heterocycles. The number of hydrogen-bond donors (Lipinski definition) is 2. The minimum atomic E-state index is -3.98. The lowest BCUT2D eigenvalue weighted by molar-refractivity contribution is 0.0655. The molecule has 0 aromatic rings. The van der Waals surface area contributed by atoms with E-state index in [4.69, 9.17) is 14.5 Å². The van der Waals surface area contributed by atoms with Crippen molar-refractivity contribution in [3.05, 3.63) is 0 Å². The van der Waals surface area contributed by atoms with Crippen molar-refractivity contribution in [1.82, 2.24) is 0 Å². The zero-order valence-corrected chi connectivity index (χ0v) is 8.46. The van der Waals surface area contributed by atoms with Gasteiger partial charge in [0.25, 0.3) is 0 Å². The van der Waals surface area contributed by atoms with Crippen LogP contribution in [-0.4, -0.2) is 22.2 Å². The molecule has 0 bridgehead atoms. The van der Waals surface area contributed by atoms with Gasteiger partial charge in [0.1, 0.15) is 6.35 Å². The van der Waals surface area contributed by atoms with Crippen molar-refractivity contribution in [1.29, 1.82) is 0 Å². The van der Waals surface area contributed by atoms with Gasteiger partial charge in [-0.1, -0.05) is 20.3 Å². The fourth-order valence-corrected chi connectivity index (χ4v) is 1.33. The van der Waals surface area contributed by atoms with E-state index in [1.165, 1.54) is 0 Å². The fourth-order valence-electron chi connectivity index (χ4n) is 0.930. The summed E-state index contributed by atoms with van der Waals surface area (Å²) in [6.07, 6.45) is 2.16. The van der Waals surface area contributed by atoms with Gasteiger partial charge in [0.05, 0.1) is 6.10 Å². The van der Waals surface area contributed by atoms with Crippen LogP contribution in [0, 0.1) is 0 Å². The lowest BCUT2D eigenvalue weighted by Crippen LogP contribution is -2.12. The summed E-state index contributed by atoms with van der Waals surface area (Å²) in [5.74, 6) is 0. The highest BCUT2D eigenvalue weighted by molar-refractivity contribution is 7.51. The Morgan fingerprint density at radius 1 is 1.42 bits per heavy atom. The Bertz CT molecular complexity index is 153. The minimum absolute atomic E-state index is 0.0115. The molecular weight excluding hydrogens is 179 g/mol. The van der Waals surface area contributed by atoms with Gasteiger partial charge in [0.2, 0.25) is 0 Å². The number of ether oxygens (including phenoxy) is 1. The van der Waals surface area contributed by atoms with Crippen LogP contribution >= 0.6 is 7.60 Å². The molecule has 0 aromatic heterocycles. The van der Waals surface area contributed by atoms with E-state index < -0.39 is 13.9 Å². The summed E-state index contributed by atoms with van der Waals surface area (Å²) in [6, 6.07) is 0. The molecule has 0 aromatic carbocycles. The molecule has 0 rings (SSSR count). The predicted octanol–water partition coefficient (Wildman–Crippen LogP) is 1.72. The van der Waals surface area contributed by atoms with Crippen LogP contribution in [0.2, 0.25) is 0 Å². The van der Waals surface area contributed by atoms with Crippen LogP contribution in [0.15, 0.2) is 0 Å². The largest absolute Gasteiger partial charge is 0.366 e. The molecule has 5 heteroatoms. The van der Waals surface area contributed by atoms with Gasteiger partial charge in [-0.15, -0.1) is 0 Å². The highest BCUT2D eigenvalue weighted by Gasteiger charge is 2.15. The molecule has 0 amide bonds. The van der Waals surface area contributed by atoms with E-state index in [-0.39, 0.29) is 6.10 Å². The topological polar surface area (TPSA) is 66.8 Å². The maximum atomic E-state index is 10.4. The Morgan fingerprint density at radius 2 is 2.00 bits per heavy atom. The van der Waals surface area contributed by atoms with Gasteiger partial charge in [-0.2, -0.15) is 0 Å². The first-order valence-electron chi connectivity index (χ1n) is 4.15. The Kier molecular flexibility index (Phi) is 5.76. The maximum absolute atomic E-state index is 10.4. The second-order valence-electron chi connectivity index (χ2n) is 2.78. The van der Waals surface area contributed by atoms with Gasteiger partial charge in [0, 0.05) is 0 Å². The van der Waals surface area contributed by atoms with E-state index in [2.05, 4.69) is 0 Å². The lowest BCUT2D eigenvalue weighted by atomic mass is 10.2. The average Bonchev–Trinajstić information content (AvgIpc) is 1.96. The van der Waals surface area contributed by atoms with Gasteiger partial charge < -0.3 is 14.5 Å². The lowest BCUT2D eigenvalue weighted by Gasteiger charge is -2.15. The smallest absolute Gasteiger partial charge is 0.350 e. The number of rotatable bonds is 6. The SMILES string of the molecule is CCCC(CC)OCP(=O)(O)O. The molecule has 1 unspecified atom stereocenters. The summed E-state index contributed by atoms with van der Waals surface area (Å²) in [6.45, 7) is 3.96. The third kappa shape index (κ3) is 6.80. The van der Waals surface area contributed by atoms with E-state index in [0.717, 1.165) is 19.3 Å². The van der Waals surface area contributed by atoms with Crippen LogP contribution in [0.25, 0.3) is 0 Å². The van der Waals surface area contributed by atoms with E-state index in [1.54, 1.807) is 0 Å². The summed E-state index contributed by atoms with van der Waals surface area (Å²) >= 11 is 0. The first-order chi connectivity index (χ1) is 5.49. The van der Waals surface area contributed by atoms with Crippen molar-refractivity contribution in [3.8, 4) is 0 Å². The monoisotopic (exact) mass is 196 g/mol. The number of hydrogen-bond acceptors (Lipinski definition) is 2. The van der Waals surface area contributed by atoms with E-state index in [0.29, 0.717) is 0 Å². The predicted molar refractivity (Wildman–Crippen MR) is 47.0 cm³/mol. The van der Waals surface area contributed by atoms with Gasteiger partial charge in [-0.3, -0.25) is 4.57 Å². The fraction of sp³-hybridized carbons (Fsp3) is 1.00. The first kappa shape index (κ1) is 12.1. The maximum Gasteiger partial charge on any atom is 0.350 e. The molecular formula is C7H17O4P. The molecule has 0 spiro atoms. The Hall–Kier alpha value is 0.110. The van der Waals surface area contributed by atoms with Gasteiger partial charge in [-0.25, -0.2) is 0 Å². The van der Waals surface area contributed by atoms with Gasteiger partial charge in [0.15, 0.2) is 0 Å². The molecule has 0 saturated heterocycles. The quantitative estimate of drug-likeness (QED) is 0.634. The standard InChI is InChI=1S/C7H17O4P/c1-3-5-7(4-2)11-6-12(8,9)10/h7H,3-6H2,1-2H3,(H2,8,9,10). The molecule has 74 valence electrons. The third-order valence-electron chi connectivity index (χ3n) is 1.54. The highest BCUT2D eigenvalue weighted by Crippen LogP contribution is 2.34. The van der Waals surface area contributed by atoms with Crippen LogP contribution in [0.1, 0.15) is 33.1 Å². The van der Waals surface area contributed by atoms with Crippen molar-refractivity contribution in [3.63, 3.8) is 0 Å². The molecule has 0 fully saturated rings. The van der Waals surface area contributed by atoms with Crippen LogP contribution in [-0.2, 0) is 9.30 Å². The molecule has 0 aliphatic rings. The molecule has 1 atom stereocenters. The molecule has 0 radical (unpaired) electrons. The van der Waals surface area contributed by atoms with Crippen LogP contribution in [0.5, 0.6) is 0 Å². The second kappa shape index (κ2) is 5.70. The summed E-state index contributed by atoms with van der Waals surface area (Å²) in [7, 11) is -3.98. The van der Waals surface area contributed by atoms with Crippen LogP contribution < -0.4 is 0 Å². The van der Waals surface area contributed by atoms with E-state index >= 15 is 0 Å². The molecule has 4 nitrogen and oxygen atoms in total. The van der Waals surface area contributed by atoms with E-state index in [9.17, 15) is 4.57 Å². The van der Waals surface area contributed by atoms with Crippen molar-refractivity contribution in [2.75, 3.05) is 6.35 Å². The van der Waals surface area contributed by atoms with Gasteiger partial charge in [-0.05, 0) is 12.8 Å². The molecule has 2 N–H and O–H groups in total. The Balaban J connectivity index is 3.65. The van der Waals surface area contributed by atoms with Crippen molar-refractivity contribution in [2.24, 2.45) is 0 Å². The minimum Gasteiger partial charge on any atom is -0.366 e. The van der Waals surface area contributed by atoms with Crippen molar-refractivity contribution < 1.29 is 19.1 Å². The third-order valence-corrected chi connectivity index (χ3v) is 2.03.